The summed E-state index contributed by atoms with van der Waals surface area (Å²) in [4.78, 5) is 16.1. The van der Waals surface area contributed by atoms with Gasteiger partial charge >= 0.3 is 0 Å². The van der Waals surface area contributed by atoms with Crippen molar-refractivity contribution in [2.24, 2.45) is 5.84 Å². The zero-order valence-electron chi connectivity index (χ0n) is 10.6. The minimum Gasteiger partial charge on any atom is -0.294 e. The van der Waals surface area contributed by atoms with Crippen molar-refractivity contribution in [3.8, 4) is 0 Å². The fraction of sp³-hybridized carbons (Fsp3) is 0.143. The number of pyridine rings is 1. The lowest BCUT2D eigenvalue weighted by Gasteiger charge is -2.15. The van der Waals surface area contributed by atoms with Crippen molar-refractivity contribution < 1.29 is 4.79 Å². The number of amides is 1. The molecule has 0 bridgehead atoms. The molecule has 0 spiro atoms. The van der Waals surface area contributed by atoms with Gasteiger partial charge in [-0.05, 0) is 17.7 Å². The number of hydrazine groups is 1. The molecule has 3 N–H and O–H groups in total. The number of carbonyl (C=O) groups excluding carboxylic acids is 1. The SMILES string of the molecule is NNC(=O)C(CSc1ccc(Cl)cn1)c1ccccc1. The molecule has 0 saturated carbocycles. The highest BCUT2D eigenvalue weighted by atomic mass is 35.5. The Labute approximate surface area is 126 Å². The maximum atomic E-state index is 11.9. The third kappa shape index (κ3) is 3.96. The van der Waals surface area contributed by atoms with Crippen molar-refractivity contribution in [3.05, 3.63) is 59.2 Å². The molecule has 0 radical (unpaired) electrons. The molecule has 0 aliphatic heterocycles. The van der Waals surface area contributed by atoms with E-state index < -0.39 is 0 Å². The number of nitrogens with zero attached hydrogens (tertiary/aromatic N) is 1. The van der Waals surface area contributed by atoms with Crippen LogP contribution in [0.4, 0.5) is 0 Å². The normalized spacial score (nSPS) is 11.9. The Morgan fingerprint density at radius 2 is 2.05 bits per heavy atom. The summed E-state index contributed by atoms with van der Waals surface area (Å²) in [5, 5.41) is 1.41. The lowest BCUT2D eigenvalue weighted by atomic mass is 10.0. The van der Waals surface area contributed by atoms with Crippen molar-refractivity contribution in [2.45, 2.75) is 10.9 Å². The molecule has 20 heavy (non-hydrogen) atoms. The van der Waals surface area contributed by atoms with Gasteiger partial charge in [-0.3, -0.25) is 10.2 Å². The first-order chi connectivity index (χ1) is 9.70. The number of benzene rings is 1. The number of hydrogen-bond donors (Lipinski definition) is 2. The highest BCUT2D eigenvalue weighted by molar-refractivity contribution is 7.99. The highest BCUT2D eigenvalue weighted by Gasteiger charge is 2.20. The molecule has 0 aliphatic carbocycles. The highest BCUT2D eigenvalue weighted by Crippen LogP contribution is 2.25. The molecule has 1 aromatic carbocycles. The molecular weight excluding hydrogens is 294 g/mol. The first-order valence-electron chi connectivity index (χ1n) is 6.00. The minimum atomic E-state index is -0.316. The van der Waals surface area contributed by atoms with E-state index in [1.54, 1.807) is 12.3 Å². The van der Waals surface area contributed by atoms with Crippen LogP contribution in [0.2, 0.25) is 5.02 Å². The molecule has 1 amide bonds. The van der Waals surface area contributed by atoms with E-state index in [4.69, 9.17) is 17.4 Å². The maximum Gasteiger partial charge on any atom is 0.242 e. The van der Waals surface area contributed by atoms with Crippen molar-refractivity contribution in [3.63, 3.8) is 0 Å². The van der Waals surface area contributed by atoms with Gasteiger partial charge in [-0.1, -0.05) is 41.9 Å². The van der Waals surface area contributed by atoms with Crippen LogP contribution < -0.4 is 11.3 Å². The van der Waals surface area contributed by atoms with Crippen LogP contribution in [-0.2, 0) is 4.79 Å². The molecule has 6 heteroatoms. The lowest BCUT2D eigenvalue weighted by Crippen LogP contribution is -2.35. The van der Waals surface area contributed by atoms with Gasteiger partial charge in [0, 0.05) is 11.9 Å². The first kappa shape index (κ1) is 14.8. The smallest absolute Gasteiger partial charge is 0.242 e. The Morgan fingerprint density at radius 1 is 1.30 bits per heavy atom. The molecule has 1 atom stereocenters. The number of nitrogens with one attached hydrogen (secondary N) is 1. The molecule has 0 fully saturated rings. The Hall–Kier alpha value is -1.56. The largest absolute Gasteiger partial charge is 0.294 e. The Bertz CT molecular complexity index is 562. The molecule has 1 heterocycles. The third-order valence-corrected chi connectivity index (χ3v) is 4.02. The molecule has 1 unspecified atom stereocenters. The van der Waals surface area contributed by atoms with Gasteiger partial charge in [0.05, 0.1) is 16.0 Å². The van der Waals surface area contributed by atoms with E-state index in [0.717, 1.165) is 10.6 Å². The van der Waals surface area contributed by atoms with Crippen molar-refractivity contribution >= 4 is 29.3 Å². The van der Waals surface area contributed by atoms with Crippen LogP contribution >= 0.6 is 23.4 Å². The summed E-state index contributed by atoms with van der Waals surface area (Å²) in [5.74, 6) is 5.29. The van der Waals surface area contributed by atoms with Gasteiger partial charge < -0.3 is 0 Å². The third-order valence-electron chi connectivity index (χ3n) is 2.76. The predicted molar refractivity (Wildman–Crippen MR) is 81.5 cm³/mol. The van der Waals surface area contributed by atoms with Crippen LogP contribution in [0.3, 0.4) is 0 Å². The number of aromatic nitrogens is 1. The summed E-state index contributed by atoms with van der Waals surface area (Å²) in [5.41, 5.74) is 3.14. The molecule has 0 aliphatic rings. The Kier molecular flexibility index (Phi) is 5.40. The van der Waals surface area contributed by atoms with Crippen LogP contribution in [0.5, 0.6) is 0 Å². The monoisotopic (exact) mass is 307 g/mol. The maximum absolute atomic E-state index is 11.9. The Morgan fingerprint density at radius 3 is 2.65 bits per heavy atom. The number of rotatable bonds is 5. The zero-order chi connectivity index (χ0) is 14.4. The van der Waals surface area contributed by atoms with Gasteiger partial charge in [-0.25, -0.2) is 10.8 Å². The van der Waals surface area contributed by atoms with Gasteiger partial charge in [0.25, 0.3) is 0 Å². The second kappa shape index (κ2) is 7.28. The van der Waals surface area contributed by atoms with Crippen LogP contribution in [0.25, 0.3) is 0 Å². The Balaban J connectivity index is 2.09. The van der Waals surface area contributed by atoms with Gasteiger partial charge in [-0.2, -0.15) is 0 Å². The van der Waals surface area contributed by atoms with Gasteiger partial charge in [-0.15, -0.1) is 11.8 Å². The summed E-state index contributed by atoms with van der Waals surface area (Å²) >= 11 is 7.28. The second-order valence-corrected chi connectivity index (χ2v) is 5.57. The number of hydrogen-bond acceptors (Lipinski definition) is 4. The van der Waals surface area contributed by atoms with E-state index in [-0.39, 0.29) is 11.8 Å². The van der Waals surface area contributed by atoms with Gasteiger partial charge in [0.15, 0.2) is 0 Å². The molecule has 2 aromatic rings. The first-order valence-corrected chi connectivity index (χ1v) is 7.37. The zero-order valence-corrected chi connectivity index (χ0v) is 12.2. The van der Waals surface area contributed by atoms with E-state index in [9.17, 15) is 4.79 Å². The van der Waals surface area contributed by atoms with E-state index in [0.29, 0.717) is 10.8 Å². The van der Waals surface area contributed by atoms with Crippen LogP contribution in [-0.4, -0.2) is 16.6 Å². The fourth-order valence-corrected chi connectivity index (χ4v) is 2.81. The summed E-state index contributed by atoms with van der Waals surface area (Å²) < 4.78 is 0. The lowest BCUT2D eigenvalue weighted by molar-refractivity contribution is -0.122. The van der Waals surface area contributed by atoms with E-state index >= 15 is 0 Å². The molecule has 1 aromatic heterocycles. The topological polar surface area (TPSA) is 68.0 Å². The standard InChI is InChI=1S/C14H14ClN3OS/c15-11-6-7-13(17-8-11)20-9-12(14(19)18-16)10-4-2-1-3-5-10/h1-8,12H,9,16H2,(H,18,19). The summed E-state index contributed by atoms with van der Waals surface area (Å²) in [6, 6.07) is 13.1. The van der Waals surface area contributed by atoms with E-state index in [1.807, 2.05) is 36.4 Å². The van der Waals surface area contributed by atoms with Crippen molar-refractivity contribution in [1.82, 2.24) is 10.4 Å². The molecule has 104 valence electrons. The molecular formula is C14H14ClN3OS. The quantitative estimate of drug-likeness (QED) is 0.385. The molecule has 2 rings (SSSR count). The second-order valence-electron chi connectivity index (χ2n) is 4.10. The van der Waals surface area contributed by atoms with Crippen molar-refractivity contribution in [2.75, 3.05) is 5.75 Å². The number of halogens is 1. The summed E-state index contributed by atoms with van der Waals surface area (Å²) in [6.45, 7) is 0. The minimum absolute atomic E-state index is 0.210. The number of thioether (sulfide) groups is 1. The average Bonchev–Trinajstić information content (AvgIpc) is 2.50. The number of nitrogens with two attached hydrogens (primary N) is 1. The van der Waals surface area contributed by atoms with Crippen LogP contribution in [0.15, 0.2) is 53.7 Å². The summed E-state index contributed by atoms with van der Waals surface area (Å²) in [6.07, 6.45) is 1.59. The van der Waals surface area contributed by atoms with Crippen molar-refractivity contribution in [1.29, 1.82) is 0 Å². The predicted octanol–water partition coefficient (Wildman–Crippen LogP) is 2.60. The van der Waals surface area contributed by atoms with E-state index in [1.165, 1.54) is 11.8 Å². The summed E-state index contributed by atoms with van der Waals surface area (Å²) in [7, 11) is 0. The molecule has 4 nitrogen and oxygen atoms in total. The molecule has 0 saturated heterocycles. The van der Waals surface area contributed by atoms with Crippen LogP contribution in [0, 0.1) is 0 Å². The van der Waals surface area contributed by atoms with Gasteiger partial charge in [0.2, 0.25) is 5.91 Å². The fourth-order valence-electron chi connectivity index (χ4n) is 1.73. The van der Waals surface area contributed by atoms with Crippen LogP contribution in [0.1, 0.15) is 11.5 Å². The average molecular weight is 308 g/mol. The number of carbonyl (C=O) groups is 1. The van der Waals surface area contributed by atoms with Gasteiger partial charge in [0.1, 0.15) is 0 Å². The van der Waals surface area contributed by atoms with E-state index in [2.05, 4.69) is 10.4 Å².